The molecule has 5 nitrogen and oxygen atoms in total. The van der Waals surface area contributed by atoms with Gasteiger partial charge in [-0.25, -0.2) is 9.59 Å². The third kappa shape index (κ3) is 3.20. The molecular weight excluding hydrogens is 336 g/mol. The Labute approximate surface area is 132 Å². The van der Waals surface area contributed by atoms with Crippen molar-refractivity contribution >= 4 is 27.9 Å². The van der Waals surface area contributed by atoms with Crippen LogP contribution in [0.3, 0.4) is 0 Å². The van der Waals surface area contributed by atoms with E-state index in [-0.39, 0.29) is 6.03 Å². The van der Waals surface area contributed by atoms with Gasteiger partial charge in [0.15, 0.2) is 0 Å². The molecule has 1 aliphatic rings. The van der Waals surface area contributed by atoms with Gasteiger partial charge in [-0.05, 0) is 37.5 Å². The van der Waals surface area contributed by atoms with Crippen molar-refractivity contribution in [3.8, 4) is 0 Å². The van der Waals surface area contributed by atoms with Crippen molar-refractivity contribution in [2.45, 2.75) is 31.8 Å². The molecule has 2 amide bonds. The Bertz CT molecular complexity index is 564. The van der Waals surface area contributed by atoms with Gasteiger partial charge in [-0.3, -0.25) is 0 Å². The summed E-state index contributed by atoms with van der Waals surface area (Å²) in [5.41, 5.74) is -0.0979. The summed E-state index contributed by atoms with van der Waals surface area (Å²) in [4.78, 5) is 27.0. The van der Waals surface area contributed by atoms with Gasteiger partial charge in [-0.1, -0.05) is 28.1 Å². The van der Waals surface area contributed by atoms with E-state index in [1.54, 1.807) is 18.9 Å². The molecule has 114 valence electrons. The molecule has 1 aliphatic heterocycles. The number of carboxylic acids is 1. The molecule has 1 N–H and O–H groups in total. The zero-order valence-electron chi connectivity index (χ0n) is 12.2. The zero-order chi connectivity index (χ0) is 15.6. The maximum Gasteiger partial charge on any atom is 0.329 e. The number of carboxylic acid groups (broad SMARTS) is 1. The fourth-order valence-corrected chi connectivity index (χ4v) is 3.12. The molecule has 0 bridgehead atoms. The number of urea groups is 1. The van der Waals surface area contributed by atoms with E-state index in [0.717, 1.165) is 16.5 Å². The average molecular weight is 355 g/mol. The highest BCUT2D eigenvalue weighted by molar-refractivity contribution is 9.10. The van der Waals surface area contributed by atoms with E-state index >= 15 is 0 Å². The monoisotopic (exact) mass is 354 g/mol. The smallest absolute Gasteiger partial charge is 0.329 e. The Morgan fingerprint density at radius 2 is 2.19 bits per heavy atom. The standard InChI is InChI=1S/C15H19BrN2O3/c1-15(13(19)20)7-4-8-18(15)14(21)17(2)10-11-5-3-6-12(16)9-11/h3,5-6,9H,4,7-8,10H2,1-2H3,(H,19,20). The van der Waals surface area contributed by atoms with Crippen molar-refractivity contribution in [1.29, 1.82) is 0 Å². The van der Waals surface area contributed by atoms with Crippen molar-refractivity contribution in [3.63, 3.8) is 0 Å². The molecule has 0 saturated carbocycles. The largest absolute Gasteiger partial charge is 0.480 e. The Morgan fingerprint density at radius 1 is 1.48 bits per heavy atom. The minimum Gasteiger partial charge on any atom is -0.480 e. The van der Waals surface area contributed by atoms with Gasteiger partial charge in [-0.2, -0.15) is 0 Å². The Hall–Kier alpha value is -1.56. The molecule has 1 aromatic carbocycles. The summed E-state index contributed by atoms with van der Waals surface area (Å²) in [6.07, 6.45) is 1.22. The van der Waals surface area contributed by atoms with Crippen LogP contribution < -0.4 is 0 Å². The molecule has 6 heteroatoms. The number of carbonyl (C=O) groups is 2. The second kappa shape index (κ2) is 6.05. The van der Waals surface area contributed by atoms with Gasteiger partial charge in [0.05, 0.1) is 0 Å². The van der Waals surface area contributed by atoms with E-state index in [9.17, 15) is 14.7 Å². The number of likely N-dealkylation sites (tertiary alicyclic amines) is 1. The number of hydrogen-bond acceptors (Lipinski definition) is 2. The van der Waals surface area contributed by atoms with Crippen molar-refractivity contribution in [3.05, 3.63) is 34.3 Å². The first kappa shape index (κ1) is 15.8. The van der Waals surface area contributed by atoms with Gasteiger partial charge in [-0.15, -0.1) is 0 Å². The average Bonchev–Trinajstić information content (AvgIpc) is 2.81. The highest BCUT2D eigenvalue weighted by Crippen LogP contribution is 2.30. The number of nitrogens with zero attached hydrogens (tertiary/aromatic N) is 2. The van der Waals surface area contributed by atoms with Crippen LogP contribution >= 0.6 is 15.9 Å². The Balaban J connectivity index is 2.10. The van der Waals surface area contributed by atoms with E-state index in [2.05, 4.69) is 15.9 Å². The molecule has 1 aromatic rings. The van der Waals surface area contributed by atoms with Crippen LogP contribution in [0.2, 0.25) is 0 Å². The number of amides is 2. The Morgan fingerprint density at radius 3 is 2.81 bits per heavy atom. The van der Waals surface area contributed by atoms with Crippen molar-refractivity contribution in [2.75, 3.05) is 13.6 Å². The summed E-state index contributed by atoms with van der Waals surface area (Å²) in [5.74, 6) is -0.941. The SMILES string of the molecule is CN(Cc1cccc(Br)c1)C(=O)N1CCCC1(C)C(=O)O. The van der Waals surface area contributed by atoms with Crippen LogP contribution in [-0.2, 0) is 11.3 Å². The third-order valence-corrected chi connectivity index (χ3v) is 4.46. The Kier molecular flexibility index (Phi) is 4.56. The van der Waals surface area contributed by atoms with Crippen LogP contribution in [0.1, 0.15) is 25.3 Å². The van der Waals surface area contributed by atoms with E-state index in [4.69, 9.17) is 0 Å². The first-order valence-electron chi connectivity index (χ1n) is 6.85. The lowest BCUT2D eigenvalue weighted by molar-refractivity contribution is -0.147. The minimum atomic E-state index is -1.09. The maximum absolute atomic E-state index is 12.5. The topological polar surface area (TPSA) is 60.9 Å². The van der Waals surface area contributed by atoms with Crippen LogP contribution in [-0.4, -0.2) is 46.0 Å². The van der Waals surface area contributed by atoms with Crippen molar-refractivity contribution < 1.29 is 14.7 Å². The van der Waals surface area contributed by atoms with E-state index < -0.39 is 11.5 Å². The number of aliphatic carboxylic acids is 1. The lowest BCUT2D eigenvalue weighted by Crippen LogP contribution is -2.54. The molecule has 0 radical (unpaired) electrons. The molecule has 1 saturated heterocycles. The first-order valence-corrected chi connectivity index (χ1v) is 7.64. The van der Waals surface area contributed by atoms with Crippen LogP contribution in [0.25, 0.3) is 0 Å². The fourth-order valence-electron chi connectivity index (χ4n) is 2.68. The summed E-state index contributed by atoms with van der Waals surface area (Å²) in [6.45, 7) is 2.56. The maximum atomic E-state index is 12.5. The van der Waals surface area contributed by atoms with Gasteiger partial charge in [0.2, 0.25) is 0 Å². The molecule has 0 spiro atoms. The predicted octanol–water partition coefficient (Wildman–Crippen LogP) is 2.94. The minimum absolute atomic E-state index is 0.239. The van der Waals surface area contributed by atoms with E-state index in [1.165, 1.54) is 4.90 Å². The number of hydrogen-bond donors (Lipinski definition) is 1. The van der Waals surface area contributed by atoms with Crippen LogP contribution in [0, 0.1) is 0 Å². The summed E-state index contributed by atoms with van der Waals surface area (Å²) in [7, 11) is 1.70. The zero-order valence-corrected chi connectivity index (χ0v) is 13.8. The first-order chi connectivity index (χ1) is 9.84. The second-order valence-electron chi connectivity index (χ2n) is 5.60. The van der Waals surface area contributed by atoms with Crippen molar-refractivity contribution in [2.24, 2.45) is 0 Å². The van der Waals surface area contributed by atoms with Gasteiger partial charge in [0.1, 0.15) is 5.54 Å². The molecule has 1 unspecified atom stereocenters. The summed E-state index contributed by atoms with van der Waals surface area (Å²) in [5, 5.41) is 9.38. The number of halogens is 1. The van der Waals surface area contributed by atoms with Gasteiger partial charge in [0.25, 0.3) is 0 Å². The molecule has 0 aliphatic carbocycles. The molecule has 1 atom stereocenters. The molecule has 2 rings (SSSR count). The fraction of sp³-hybridized carbons (Fsp3) is 0.467. The van der Waals surface area contributed by atoms with Gasteiger partial charge >= 0.3 is 12.0 Å². The lowest BCUT2D eigenvalue weighted by Gasteiger charge is -2.34. The van der Waals surface area contributed by atoms with E-state index in [1.807, 2.05) is 24.3 Å². The normalized spacial score (nSPS) is 21.4. The number of benzene rings is 1. The summed E-state index contributed by atoms with van der Waals surface area (Å²) in [6, 6.07) is 7.48. The van der Waals surface area contributed by atoms with Crippen molar-refractivity contribution in [1.82, 2.24) is 9.80 Å². The quantitative estimate of drug-likeness (QED) is 0.907. The summed E-state index contributed by atoms with van der Waals surface area (Å²) < 4.78 is 0.956. The predicted molar refractivity (Wildman–Crippen MR) is 83.0 cm³/mol. The molecule has 21 heavy (non-hydrogen) atoms. The second-order valence-corrected chi connectivity index (χ2v) is 6.52. The van der Waals surface area contributed by atoms with Gasteiger partial charge < -0.3 is 14.9 Å². The molecule has 0 aromatic heterocycles. The van der Waals surface area contributed by atoms with Crippen LogP contribution in [0.15, 0.2) is 28.7 Å². The highest BCUT2D eigenvalue weighted by Gasteiger charge is 2.46. The summed E-state index contributed by atoms with van der Waals surface area (Å²) >= 11 is 3.40. The highest BCUT2D eigenvalue weighted by atomic mass is 79.9. The van der Waals surface area contributed by atoms with Crippen LogP contribution in [0.4, 0.5) is 4.79 Å². The third-order valence-electron chi connectivity index (χ3n) is 3.97. The molecular formula is C15H19BrN2O3. The lowest BCUT2D eigenvalue weighted by atomic mass is 10.00. The molecule has 1 heterocycles. The molecule has 1 fully saturated rings. The van der Waals surface area contributed by atoms with E-state index in [0.29, 0.717) is 19.5 Å². The van der Waals surface area contributed by atoms with Gasteiger partial charge in [0, 0.05) is 24.6 Å². The van der Waals surface area contributed by atoms with Crippen LogP contribution in [0.5, 0.6) is 0 Å². The number of rotatable bonds is 3. The number of carbonyl (C=O) groups excluding carboxylic acids is 1.